The molecule has 4 rings (SSSR count). The van der Waals surface area contributed by atoms with Crippen molar-refractivity contribution in [3.8, 4) is 11.5 Å². The molecule has 2 heterocycles. The Hall–Kier alpha value is -2.79. The van der Waals surface area contributed by atoms with Crippen LogP contribution in [0.4, 0.5) is 0 Å². The third-order valence-corrected chi connectivity index (χ3v) is 5.35. The van der Waals surface area contributed by atoms with E-state index < -0.39 is 0 Å². The zero-order chi connectivity index (χ0) is 20.4. The number of hydrogen-bond acceptors (Lipinski definition) is 5. The Morgan fingerprint density at radius 3 is 2.62 bits per heavy atom. The molecule has 0 bridgehead atoms. The van der Waals surface area contributed by atoms with Gasteiger partial charge in [0.25, 0.3) is 0 Å². The normalized spacial score (nSPS) is 13.2. The van der Waals surface area contributed by atoms with Crippen LogP contribution in [-0.4, -0.2) is 19.8 Å². The molecule has 0 saturated heterocycles. The molecule has 0 amide bonds. The van der Waals surface area contributed by atoms with Crippen LogP contribution in [0, 0.1) is 6.92 Å². The van der Waals surface area contributed by atoms with Gasteiger partial charge in [-0.3, -0.25) is 0 Å². The highest BCUT2D eigenvalue weighted by Gasteiger charge is 2.13. The van der Waals surface area contributed by atoms with Gasteiger partial charge in [-0.1, -0.05) is 19.9 Å². The molecule has 1 aliphatic heterocycles. The average Bonchev–Trinajstić information content (AvgIpc) is 2.70. The molecule has 1 N–H and O–H groups in total. The van der Waals surface area contributed by atoms with E-state index in [0.29, 0.717) is 31.3 Å². The summed E-state index contributed by atoms with van der Waals surface area (Å²) in [5.74, 6) is 2.05. The van der Waals surface area contributed by atoms with Gasteiger partial charge in [-0.2, -0.15) is 0 Å². The summed E-state index contributed by atoms with van der Waals surface area (Å²) in [6.07, 6.45) is 0.867. The van der Waals surface area contributed by atoms with E-state index in [1.54, 1.807) is 6.07 Å². The highest BCUT2D eigenvalue weighted by Crippen LogP contribution is 2.31. The molecule has 0 spiro atoms. The molecule has 0 fully saturated rings. The minimum atomic E-state index is -0.308. The van der Waals surface area contributed by atoms with Gasteiger partial charge in [0.2, 0.25) is 0 Å². The third kappa shape index (κ3) is 4.30. The second-order valence-corrected chi connectivity index (χ2v) is 7.86. The summed E-state index contributed by atoms with van der Waals surface area (Å²) in [6.45, 7) is 9.03. The van der Waals surface area contributed by atoms with Crippen LogP contribution >= 0.6 is 0 Å². The molecule has 3 aromatic rings. The van der Waals surface area contributed by atoms with Crippen LogP contribution in [-0.2, 0) is 13.0 Å². The highest BCUT2D eigenvalue weighted by molar-refractivity contribution is 5.82. The maximum absolute atomic E-state index is 12.0. The molecule has 0 aliphatic carbocycles. The van der Waals surface area contributed by atoms with E-state index in [4.69, 9.17) is 13.9 Å². The number of rotatable bonds is 6. The minimum absolute atomic E-state index is 0.308. The number of fused-ring (bicyclic) bond motifs is 2. The van der Waals surface area contributed by atoms with Gasteiger partial charge in [-0.25, -0.2) is 4.79 Å². The first-order valence-electron chi connectivity index (χ1n) is 10.2. The lowest BCUT2D eigenvalue weighted by Gasteiger charge is -2.19. The van der Waals surface area contributed by atoms with Crippen molar-refractivity contribution in [1.29, 1.82) is 0 Å². The summed E-state index contributed by atoms with van der Waals surface area (Å²) in [5, 5.41) is 4.47. The molecule has 0 atom stereocenters. The van der Waals surface area contributed by atoms with E-state index in [0.717, 1.165) is 41.0 Å². The fourth-order valence-corrected chi connectivity index (χ4v) is 3.86. The fraction of sp³-hybridized carbons (Fsp3) is 0.375. The Morgan fingerprint density at radius 1 is 1.03 bits per heavy atom. The van der Waals surface area contributed by atoms with Crippen LogP contribution < -0.4 is 20.4 Å². The van der Waals surface area contributed by atoms with Gasteiger partial charge in [-0.05, 0) is 72.3 Å². The topological polar surface area (TPSA) is 60.7 Å². The molecule has 5 nitrogen and oxygen atoms in total. The number of benzene rings is 2. The Kier molecular flexibility index (Phi) is 5.58. The van der Waals surface area contributed by atoms with E-state index in [-0.39, 0.29) is 5.63 Å². The maximum Gasteiger partial charge on any atom is 0.336 e. The van der Waals surface area contributed by atoms with Crippen molar-refractivity contribution in [2.75, 3.05) is 19.8 Å². The SMILES string of the molecule is Cc1cc2oc(=O)cc(CNCCc3ccc4c(c3)OCCO4)c2cc1C(C)C. The zero-order valence-electron chi connectivity index (χ0n) is 17.2. The summed E-state index contributed by atoms with van der Waals surface area (Å²) < 4.78 is 16.7. The quantitative estimate of drug-likeness (QED) is 0.499. The lowest BCUT2D eigenvalue weighted by molar-refractivity contribution is 0.171. The van der Waals surface area contributed by atoms with Gasteiger partial charge in [-0.15, -0.1) is 0 Å². The molecular formula is C24H27NO4. The van der Waals surface area contributed by atoms with Gasteiger partial charge < -0.3 is 19.2 Å². The lowest BCUT2D eigenvalue weighted by Crippen LogP contribution is -2.19. The highest BCUT2D eigenvalue weighted by atomic mass is 16.6. The van der Waals surface area contributed by atoms with E-state index in [9.17, 15) is 4.79 Å². The smallest absolute Gasteiger partial charge is 0.336 e. The van der Waals surface area contributed by atoms with Crippen LogP contribution in [0.25, 0.3) is 11.0 Å². The number of aryl methyl sites for hydroxylation is 1. The summed E-state index contributed by atoms with van der Waals surface area (Å²) in [7, 11) is 0. The monoisotopic (exact) mass is 393 g/mol. The predicted molar refractivity (Wildman–Crippen MR) is 114 cm³/mol. The molecule has 5 heteroatoms. The molecule has 29 heavy (non-hydrogen) atoms. The Labute approximate surface area is 170 Å². The van der Waals surface area contributed by atoms with E-state index in [1.807, 2.05) is 18.2 Å². The van der Waals surface area contributed by atoms with Crippen molar-refractivity contribution in [3.05, 3.63) is 69.1 Å². The lowest BCUT2D eigenvalue weighted by atomic mass is 9.95. The molecule has 152 valence electrons. The molecule has 1 aliphatic rings. The fourth-order valence-electron chi connectivity index (χ4n) is 3.86. The van der Waals surface area contributed by atoms with Crippen molar-refractivity contribution >= 4 is 11.0 Å². The molecular weight excluding hydrogens is 366 g/mol. The first-order valence-corrected chi connectivity index (χ1v) is 10.2. The van der Waals surface area contributed by atoms with Crippen LogP contribution in [0.1, 0.15) is 42.0 Å². The first kappa shape index (κ1) is 19.5. The predicted octanol–water partition coefficient (Wildman–Crippen LogP) is 4.33. The standard InChI is InChI=1S/C24H27NO4/c1-15(2)19-13-20-18(12-24(26)29-22(20)10-16(19)3)14-25-7-6-17-4-5-21-23(11-17)28-9-8-27-21/h4-5,10-13,15,25H,6-9,14H2,1-3H3. The van der Waals surface area contributed by atoms with Crippen LogP contribution in [0.5, 0.6) is 11.5 Å². The van der Waals surface area contributed by atoms with Crippen molar-refractivity contribution in [2.24, 2.45) is 0 Å². The van der Waals surface area contributed by atoms with E-state index in [2.05, 4.69) is 38.2 Å². The summed E-state index contributed by atoms with van der Waals surface area (Å²) >= 11 is 0. The largest absolute Gasteiger partial charge is 0.486 e. The van der Waals surface area contributed by atoms with Crippen molar-refractivity contribution in [1.82, 2.24) is 5.32 Å². The molecule has 0 unspecified atom stereocenters. The van der Waals surface area contributed by atoms with Crippen LogP contribution in [0.3, 0.4) is 0 Å². The Bertz CT molecular complexity index is 1080. The number of nitrogens with one attached hydrogen (secondary N) is 1. The molecule has 2 aromatic carbocycles. The first-order chi connectivity index (χ1) is 14.0. The van der Waals surface area contributed by atoms with Crippen LogP contribution in [0.15, 0.2) is 45.6 Å². The van der Waals surface area contributed by atoms with Crippen molar-refractivity contribution in [2.45, 2.75) is 39.7 Å². The van der Waals surface area contributed by atoms with Crippen molar-refractivity contribution in [3.63, 3.8) is 0 Å². The van der Waals surface area contributed by atoms with Gasteiger partial charge in [0, 0.05) is 18.0 Å². The molecule has 1 aromatic heterocycles. The summed E-state index contributed by atoms with van der Waals surface area (Å²) in [5.41, 5.74) is 4.95. The minimum Gasteiger partial charge on any atom is -0.486 e. The molecule has 0 saturated carbocycles. The summed E-state index contributed by atoms with van der Waals surface area (Å²) in [4.78, 5) is 12.0. The van der Waals surface area contributed by atoms with Gasteiger partial charge in [0.05, 0.1) is 0 Å². The summed E-state index contributed by atoms with van der Waals surface area (Å²) in [6, 6.07) is 11.8. The molecule has 0 radical (unpaired) electrons. The second kappa shape index (κ2) is 8.29. The van der Waals surface area contributed by atoms with Gasteiger partial charge in [0.1, 0.15) is 18.8 Å². The average molecular weight is 393 g/mol. The number of ether oxygens (including phenoxy) is 2. The Balaban J connectivity index is 1.46. The van der Waals surface area contributed by atoms with E-state index in [1.165, 1.54) is 11.1 Å². The van der Waals surface area contributed by atoms with E-state index >= 15 is 0 Å². The maximum atomic E-state index is 12.0. The number of hydrogen-bond donors (Lipinski definition) is 1. The van der Waals surface area contributed by atoms with Gasteiger partial charge >= 0.3 is 5.63 Å². The van der Waals surface area contributed by atoms with Crippen molar-refractivity contribution < 1.29 is 13.9 Å². The zero-order valence-corrected chi connectivity index (χ0v) is 17.2. The third-order valence-electron chi connectivity index (χ3n) is 5.35. The Morgan fingerprint density at radius 2 is 1.83 bits per heavy atom. The second-order valence-electron chi connectivity index (χ2n) is 7.86. The van der Waals surface area contributed by atoms with Gasteiger partial charge in [0.15, 0.2) is 11.5 Å². The van der Waals surface area contributed by atoms with Crippen LogP contribution in [0.2, 0.25) is 0 Å².